The van der Waals surface area contributed by atoms with Crippen LogP contribution in [0.5, 0.6) is 0 Å². The zero-order valence-electron chi connectivity index (χ0n) is 14.6. The number of carbonyl (C=O) groups excluding carboxylic acids is 3. The molecule has 2 rings (SSSR count). The number of rotatable bonds is 3. The number of thiophene rings is 1. The molecule has 2 atom stereocenters. The fourth-order valence-electron chi connectivity index (χ4n) is 2.67. The van der Waals surface area contributed by atoms with Crippen molar-refractivity contribution in [1.82, 2.24) is 4.90 Å². The van der Waals surface area contributed by atoms with E-state index >= 15 is 0 Å². The van der Waals surface area contributed by atoms with Crippen LogP contribution in [0.15, 0.2) is 9.85 Å². The number of hydrogen-bond donors (Lipinski definition) is 2. The van der Waals surface area contributed by atoms with Gasteiger partial charge in [-0.2, -0.15) is 0 Å². The molecule has 0 bridgehead atoms. The largest absolute Gasteiger partial charge is 0.444 e. The van der Waals surface area contributed by atoms with Crippen molar-refractivity contribution in [3.05, 3.63) is 14.7 Å². The molecule has 1 fully saturated rings. The summed E-state index contributed by atoms with van der Waals surface area (Å²) in [5.74, 6) is -0.800. The molecule has 1 aliphatic heterocycles. The molecule has 0 radical (unpaired) electrons. The monoisotopic (exact) mass is 431 g/mol. The number of nitrogens with two attached hydrogens (primary N) is 1. The maximum Gasteiger partial charge on any atom is 0.410 e. The zero-order chi connectivity index (χ0) is 18.9. The van der Waals surface area contributed by atoms with E-state index < -0.39 is 23.6 Å². The molecule has 0 aromatic carbocycles. The van der Waals surface area contributed by atoms with Crippen molar-refractivity contribution in [1.29, 1.82) is 0 Å². The normalized spacial score (nSPS) is 20.4. The lowest BCUT2D eigenvalue weighted by Crippen LogP contribution is -2.45. The second kappa shape index (κ2) is 7.33. The molecule has 25 heavy (non-hydrogen) atoms. The minimum absolute atomic E-state index is 0.174. The molecule has 1 aliphatic rings. The third kappa shape index (κ3) is 4.94. The van der Waals surface area contributed by atoms with E-state index in [1.165, 1.54) is 4.90 Å². The lowest BCUT2D eigenvalue weighted by Gasteiger charge is -2.28. The topological polar surface area (TPSA) is 102 Å². The fraction of sp³-hybridized carbons (Fsp3) is 0.562. The standard InChI is InChI=1S/C16H22BrN3O4S/c1-8-5-10(20(7-8)15(23)24-16(2,3)4)14(22)19-9-6-11(17)25-12(9)13(18)21/h6,8,10H,5,7H2,1-4H3,(H2,18,21)(H,19,22)/t8-,10-/m0/s1. The van der Waals surface area contributed by atoms with Gasteiger partial charge in [-0.1, -0.05) is 6.92 Å². The summed E-state index contributed by atoms with van der Waals surface area (Å²) in [7, 11) is 0. The van der Waals surface area contributed by atoms with Crippen molar-refractivity contribution >= 4 is 50.9 Å². The Labute approximate surface area is 159 Å². The Bertz CT molecular complexity index is 698. The van der Waals surface area contributed by atoms with E-state index in [2.05, 4.69) is 21.2 Å². The van der Waals surface area contributed by atoms with Gasteiger partial charge in [0.25, 0.3) is 5.91 Å². The fourth-order valence-corrected chi connectivity index (χ4v) is 4.08. The highest BCUT2D eigenvalue weighted by atomic mass is 79.9. The lowest BCUT2D eigenvalue weighted by molar-refractivity contribution is -0.120. The van der Waals surface area contributed by atoms with E-state index in [1.807, 2.05) is 6.92 Å². The summed E-state index contributed by atoms with van der Waals surface area (Å²) < 4.78 is 6.08. The first-order valence-corrected chi connectivity index (χ1v) is 9.48. The number of ether oxygens (including phenoxy) is 1. The molecular weight excluding hydrogens is 410 g/mol. The molecule has 1 saturated heterocycles. The van der Waals surface area contributed by atoms with Gasteiger partial charge < -0.3 is 15.8 Å². The lowest BCUT2D eigenvalue weighted by atomic mass is 10.1. The van der Waals surface area contributed by atoms with Crippen LogP contribution in [-0.2, 0) is 9.53 Å². The molecule has 138 valence electrons. The summed E-state index contributed by atoms with van der Waals surface area (Å²) in [6.45, 7) is 7.76. The molecule has 2 heterocycles. The quantitative estimate of drug-likeness (QED) is 0.766. The Hall–Kier alpha value is -1.61. The maximum atomic E-state index is 12.7. The predicted molar refractivity (Wildman–Crippen MR) is 99.7 cm³/mol. The Morgan fingerprint density at radius 3 is 2.60 bits per heavy atom. The van der Waals surface area contributed by atoms with Crippen LogP contribution in [0.4, 0.5) is 10.5 Å². The first-order valence-electron chi connectivity index (χ1n) is 7.87. The van der Waals surface area contributed by atoms with Crippen molar-refractivity contribution in [2.45, 2.75) is 45.8 Å². The van der Waals surface area contributed by atoms with Gasteiger partial charge in [-0.05, 0) is 55.1 Å². The van der Waals surface area contributed by atoms with Gasteiger partial charge in [0, 0.05) is 6.54 Å². The van der Waals surface area contributed by atoms with Gasteiger partial charge in [0.15, 0.2) is 0 Å². The molecular formula is C16H22BrN3O4S. The number of likely N-dealkylation sites (tertiary alicyclic amines) is 1. The average Bonchev–Trinajstić information content (AvgIpc) is 3.00. The number of carbonyl (C=O) groups is 3. The van der Waals surface area contributed by atoms with E-state index in [9.17, 15) is 14.4 Å². The van der Waals surface area contributed by atoms with Crippen LogP contribution < -0.4 is 11.1 Å². The highest BCUT2D eigenvalue weighted by molar-refractivity contribution is 9.11. The SMILES string of the molecule is C[C@H]1C[C@@H](C(=O)Nc2cc(Br)sc2C(N)=O)N(C(=O)OC(C)(C)C)C1. The Morgan fingerprint density at radius 2 is 2.04 bits per heavy atom. The Morgan fingerprint density at radius 1 is 1.40 bits per heavy atom. The molecule has 0 unspecified atom stereocenters. The van der Waals surface area contributed by atoms with E-state index in [0.717, 1.165) is 11.3 Å². The summed E-state index contributed by atoms with van der Waals surface area (Å²) >= 11 is 4.42. The number of amides is 3. The average molecular weight is 432 g/mol. The first-order chi connectivity index (χ1) is 11.5. The molecule has 0 saturated carbocycles. The molecule has 9 heteroatoms. The molecule has 0 aliphatic carbocycles. The van der Waals surface area contributed by atoms with E-state index in [0.29, 0.717) is 22.4 Å². The maximum absolute atomic E-state index is 12.7. The molecule has 1 aromatic rings. The smallest absolute Gasteiger partial charge is 0.410 e. The molecule has 0 spiro atoms. The minimum atomic E-state index is -0.649. The van der Waals surface area contributed by atoms with Gasteiger partial charge in [0.05, 0.1) is 9.47 Å². The number of anilines is 1. The van der Waals surface area contributed by atoms with Crippen LogP contribution in [0.3, 0.4) is 0 Å². The van der Waals surface area contributed by atoms with Gasteiger partial charge in [-0.3, -0.25) is 14.5 Å². The van der Waals surface area contributed by atoms with Crippen LogP contribution in [0.25, 0.3) is 0 Å². The summed E-state index contributed by atoms with van der Waals surface area (Å²) in [5, 5.41) is 2.71. The minimum Gasteiger partial charge on any atom is -0.444 e. The summed E-state index contributed by atoms with van der Waals surface area (Å²) in [5.41, 5.74) is 5.05. The van der Waals surface area contributed by atoms with Crippen molar-refractivity contribution in [3.8, 4) is 0 Å². The highest BCUT2D eigenvalue weighted by Gasteiger charge is 2.40. The van der Waals surface area contributed by atoms with Gasteiger partial charge in [0.2, 0.25) is 5.91 Å². The highest BCUT2D eigenvalue weighted by Crippen LogP contribution is 2.32. The van der Waals surface area contributed by atoms with Crippen molar-refractivity contribution in [2.75, 3.05) is 11.9 Å². The van der Waals surface area contributed by atoms with Crippen LogP contribution in [0.2, 0.25) is 0 Å². The van der Waals surface area contributed by atoms with Crippen LogP contribution >= 0.6 is 27.3 Å². The second-order valence-corrected chi connectivity index (χ2v) is 9.57. The van der Waals surface area contributed by atoms with Crippen LogP contribution in [0, 0.1) is 5.92 Å². The second-order valence-electron chi connectivity index (χ2n) is 7.14. The van der Waals surface area contributed by atoms with Crippen molar-refractivity contribution in [3.63, 3.8) is 0 Å². The molecule has 7 nitrogen and oxygen atoms in total. The van der Waals surface area contributed by atoms with E-state index in [4.69, 9.17) is 10.5 Å². The van der Waals surface area contributed by atoms with Gasteiger partial charge in [-0.25, -0.2) is 4.79 Å². The van der Waals surface area contributed by atoms with Gasteiger partial charge in [0.1, 0.15) is 16.5 Å². The Kier molecular flexibility index (Phi) is 5.78. The van der Waals surface area contributed by atoms with Crippen LogP contribution in [-0.4, -0.2) is 41.0 Å². The molecule has 3 N–H and O–H groups in total. The number of halogens is 1. The summed E-state index contributed by atoms with van der Waals surface area (Å²) in [6.07, 6.45) is 0.0149. The number of nitrogens with zero attached hydrogens (tertiary/aromatic N) is 1. The Balaban J connectivity index is 2.16. The third-order valence-corrected chi connectivity index (χ3v) is 5.28. The van der Waals surface area contributed by atoms with Crippen molar-refractivity contribution < 1.29 is 19.1 Å². The van der Waals surface area contributed by atoms with E-state index in [1.54, 1.807) is 26.8 Å². The molecule has 1 aromatic heterocycles. The summed E-state index contributed by atoms with van der Waals surface area (Å²) in [4.78, 5) is 38.3. The summed E-state index contributed by atoms with van der Waals surface area (Å²) in [6, 6.07) is 0.975. The first kappa shape index (κ1) is 19.7. The van der Waals surface area contributed by atoms with Gasteiger partial charge >= 0.3 is 6.09 Å². The third-order valence-electron chi connectivity index (χ3n) is 3.62. The van der Waals surface area contributed by atoms with E-state index in [-0.39, 0.29) is 16.7 Å². The number of primary amides is 1. The number of nitrogens with one attached hydrogen (secondary N) is 1. The predicted octanol–water partition coefficient (Wildman–Crippen LogP) is 3.19. The molecule has 3 amide bonds. The zero-order valence-corrected chi connectivity index (χ0v) is 17.0. The van der Waals surface area contributed by atoms with Crippen LogP contribution in [0.1, 0.15) is 43.8 Å². The number of hydrogen-bond acceptors (Lipinski definition) is 5. The van der Waals surface area contributed by atoms with Gasteiger partial charge in [-0.15, -0.1) is 11.3 Å². The van der Waals surface area contributed by atoms with Crippen molar-refractivity contribution in [2.24, 2.45) is 11.7 Å².